The Kier molecular flexibility index (Phi) is 8.38. The van der Waals surface area contributed by atoms with Crippen LogP contribution in [0.3, 0.4) is 0 Å². The van der Waals surface area contributed by atoms with Crippen LogP contribution < -0.4 is 5.32 Å². The molecule has 2 N–H and O–H groups in total. The van der Waals surface area contributed by atoms with Crippen LogP contribution in [0, 0.1) is 5.92 Å². The molecule has 0 saturated heterocycles. The number of carboxylic acids is 1. The second kappa shape index (κ2) is 8.72. The van der Waals surface area contributed by atoms with Crippen LogP contribution in [0.25, 0.3) is 0 Å². The predicted molar refractivity (Wildman–Crippen MR) is 63.0 cm³/mol. The zero-order valence-electron chi connectivity index (χ0n) is 10.3. The summed E-state index contributed by atoms with van der Waals surface area (Å²) >= 11 is 0. The van der Waals surface area contributed by atoms with Gasteiger partial charge in [-0.1, -0.05) is 46.0 Å². The average Bonchev–Trinajstić information content (AvgIpc) is 2.29. The summed E-state index contributed by atoms with van der Waals surface area (Å²) in [5.41, 5.74) is 0. The van der Waals surface area contributed by atoms with Crippen molar-refractivity contribution >= 4 is 5.97 Å². The molecule has 3 heteroatoms. The normalized spacial score (nSPS) is 18.9. The topological polar surface area (TPSA) is 49.3 Å². The average molecular weight is 215 g/mol. The van der Waals surface area contributed by atoms with Crippen LogP contribution in [-0.4, -0.2) is 24.2 Å². The summed E-state index contributed by atoms with van der Waals surface area (Å²) in [6, 6.07) is -0.344. The minimum Gasteiger partial charge on any atom is -0.480 e. The molecular formula is C12H25NO2. The number of likely N-dealkylation sites (N-methyl/N-ethyl adjacent to an activating group) is 1. The number of carboxylic acid groups (broad SMARTS) is 1. The van der Waals surface area contributed by atoms with E-state index in [0.717, 1.165) is 6.42 Å². The molecule has 90 valence electrons. The van der Waals surface area contributed by atoms with Crippen molar-refractivity contribution in [3.8, 4) is 0 Å². The van der Waals surface area contributed by atoms with E-state index < -0.39 is 5.97 Å². The first kappa shape index (κ1) is 14.4. The van der Waals surface area contributed by atoms with Crippen molar-refractivity contribution in [2.45, 2.75) is 58.4 Å². The minimum absolute atomic E-state index is 0.344. The highest BCUT2D eigenvalue weighted by molar-refractivity contribution is 5.73. The Balaban J connectivity index is 0.000000921. The third-order valence-corrected chi connectivity index (χ3v) is 2.94. The predicted octanol–water partition coefficient (Wildman–Crippen LogP) is 2.66. The van der Waals surface area contributed by atoms with Gasteiger partial charge in [-0.2, -0.15) is 0 Å². The van der Waals surface area contributed by atoms with E-state index in [-0.39, 0.29) is 6.04 Å². The molecule has 0 bridgehead atoms. The monoisotopic (exact) mass is 215 g/mol. The Morgan fingerprint density at radius 1 is 1.33 bits per heavy atom. The Morgan fingerprint density at radius 2 is 1.87 bits per heavy atom. The van der Waals surface area contributed by atoms with Crippen molar-refractivity contribution in [3.05, 3.63) is 0 Å². The van der Waals surface area contributed by atoms with E-state index in [2.05, 4.69) is 5.32 Å². The maximum absolute atomic E-state index is 10.7. The van der Waals surface area contributed by atoms with Gasteiger partial charge in [0, 0.05) is 0 Å². The number of carbonyl (C=O) groups is 1. The number of nitrogens with one attached hydrogen (secondary N) is 1. The molecule has 3 nitrogen and oxygen atoms in total. The van der Waals surface area contributed by atoms with Gasteiger partial charge in [0.1, 0.15) is 6.04 Å². The van der Waals surface area contributed by atoms with Crippen LogP contribution in [0.4, 0.5) is 0 Å². The SMILES string of the molecule is CC.CNC(CC1CCCCC1)C(=O)O. The molecule has 0 aliphatic heterocycles. The summed E-state index contributed by atoms with van der Waals surface area (Å²) < 4.78 is 0. The number of hydrogen-bond acceptors (Lipinski definition) is 2. The summed E-state index contributed by atoms with van der Waals surface area (Å²) in [7, 11) is 1.72. The van der Waals surface area contributed by atoms with Crippen molar-refractivity contribution in [3.63, 3.8) is 0 Å². The molecule has 0 radical (unpaired) electrons. The van der Waals surface area contributed by atoms with E-state index in [0.29, 0.717) is 5.92 Å². The second-order valence-electron chi connectivity index (χ2n) is 3.92. The lowest BCUT2D eigenvalue weighted by Gasteiger charge is -2.24. The molecule has 0 spiro atoms. The molecule has 1 rings (SSSR count). The van der Waals surface area contributed by atoms with Crippen LogP contribution in [0.15, 0.2) is 0 Å². The Morgan fingerprint density at radius 3 is 2.27 bits per heavy atom. The maximum atomic E-state index is 10.7. The van der Waals surface area contributed by atoms with Gasteiger partial charge in [-0.15, -0.1) is 0 Å². The molecule has 0 aromatic rings. The third kappa shape index (κ3) is 5.78. The van der Waals surface area contributed by atoms with Crippen molar-refractivity contribution in [1.29, 1.82) is 0 Å². The largest absolute Gasteiger partial charge is 0.480 e. The van der Waals surface area contributed by atoms with Gasteiger partial charge in [0.2, 0.25) is 0 Å². The van der Waals surface area contributed by atoms with E-state index >= 15 is 0 Å². The van der Waals surface area contributed by atoms with Gasteiger partial charge in [0.15, 0.2) is 0 Å². The van der Waals surface area contributed by atoms with Gasteiger partial charge in [0.25, 0.3) is 0 Å². The van der Waals surface area contributed by atoms with Crippen LogP contribution in [-0.2, 0) is 4.79 Å². The van der Waals surface area contributed by atoms with Gasteiger partial charge in [-0.3, -0.25) is 4.79 Å². The second-order valence-corrected chi connectivity index (χ2v) is 3.92. The van der Waals surface area contributed by atoms with Crippen molar-refractivity contribution < 1.29 is 9.90 Å². The van der Waals surface area contributed by atoms with Crippen LogP contribution in [0.5, 0.6) is 0 Å². The van der Waals surface area contributed by atoms with Gasteiger partial charge < -0.3 is 10.4 Å². The van der Waals surface area contributed by atoms with E-state index in [1.807, 2.05) is 13.8 Å². The Bertz CT molecular complexity index is 165. The molecule has 0 amide bonds. The Labute approximate surface area is 93.3 Å². The summed E-state index contributed by atoms with van der Waals surface area (Å²) in [4.78, 5) is 10.7. The quantitative estimate of drug-likeness (QED) is 0.758. The molecule has 1 aliphatic rings. The summed E-state index contributed by atoms with van der Waals surface area (Å²) in [5.74, 6) is -0.0876. The van der Waals surface area contributed by atoms with Gasteiger partial charge >= 0.3 is 5.97 Å². The number of aliphatic carboxylic acids is 1. The fraction of sp³-hybridized carbons (Fsp3) is 0.917. The lowest BCUT2D eigenvalue weighted by atomic mass is 9.85. The molecule has 1 saturated carbocycles. The zero-order chi connectivity index (χ0) is 11.7. The molecule has 1 atom stereocenters. The van der Waals surface area contributed by atoms with Crippen molar-refractivity contribution in [2.24, 2.45) is 5.92 Å². The fourth-order valence-corrected chi connectivity index (χ4v) is 2.10. The maximum Gasteiger partial charge on any atom is 0.320 e. The van der Waals surface area contributed by atoms with Crippen LogP contribution in [0.2, 0.25) is 0 Å². The van der Waals surface area contributed by atoms with Crippen LogP contribution in [0.1, 0.15) is 52.4 Å². The van der Waals surface area contributed by atoms with Crippen molar-refractivity contribution in [2.75, 3.05) is 7.05 Å². The molecule has 1 aliphatic carbocycles. The molecule has 15 heavy (non-hydrogen) atoms. The molecule has 1 fully saturated rings. The fourth-order valence-electron chi connectivity index (χ4n) is 2.10. The lowest BCUT2D eigenvalue weighted by Crippen LogP contribution is -2.36. The van der Waals surface area contributed by atoms with E-state index in [4.69, 9.17) is 5.11 Å². The van der Waals surface area contributed by atoms with Crippen LogP contribution >= 0.6 is 0 Å². The standard InChI is InChI=1S/C10H19NO2.C2H6/c1-11-9(10(12)13)7-8-5-3-2-4-6-8;1-2/h8-9,11H,2-7H2,1H3,(H,12,13);1-2H3. The third-order valence-electron chi connectivity index (χ3n) is 2.94. The Hall–Kier alpha value is -0.570. The van der Waals surface area contributed by atoms with Crippen molar-refractivity contribution in [1.82, 2.24) is 5.32 Å². The first-order valence-corrected chi connectivity index (χ1v) is 6.14. The molecular weight excluding hydrogens is 190 g/mol. The van der Waals surface area contributed by atoms with E-state index in [1.165, 1.54) is 32.1 Å². The van der Waals surface area contributed by atoms with Gasteiger partial charge in [-0.05, 0) is 19.4 Å². The van der Waals surface area contributed by atoms with Gasteiger partial charge in [0.05, 0.1) is 0 Å². The van der Waals surface area contributed by atoms with E-state index in [1.54, 1.807) is 7.05 Å². The first-order valence-electron chi connectivity index (χ1n) is 6.14. The highest BCUT2D eigenvalue weighted by Crippen LogP contribution is 2.27. The van der Waals surface area contributed by atoms with Gasteiger partial charge in [-0.25, -0.2) is 0 Å². The zero-order valence-corrected chi connectivity index (χ0v) is 10.3. The summed E-state index contributed by atoms with van der Waals surface area (Å²) in [5, 5.41) is 11.7. The lowest BCUT2D eigenvalue weighted by molar-refractivity contribution is -0.139. The highest BCUT2D eigenvalue weighted by atomic mass is 16.4. The summed E-state index contributed by atoms with van der Waals surface area (Å²) in [6.07, 6.45) is 7.11. The molecule has 0 aromatic heterocycles. The highest BCUT2D eigenvalue weighted by Gasteiger charge is 2.22. The van der Waals surface area contributed by atoms with E-state index in [9.17, 15) is 4.79 Å². The number of hydrogen-bond donors (Lipinski definition) is 2. The number of rotatable bonds is 4. The molecule has 1 unspecified atom stereocenters. The first-order chi connectivity index (χ1) is 7.24. The summed E-state index contributed by atoms with van der Waals surface area (Å²) in [6.45, 7) is 4.00. The molecule has 0 aromatic carbocycles. The smallest absolute Gasteiger partial charge is 0.320 e. The minimum atomic E-state index is -0.715. The molecule has 0 heterocycles.